The van der Waals surface area contributed by atoms with Gasteiger partial charge >= 0.3 is 5.97 Å². The fourth-order valence-corrected chi connectivity index (χ4v) is 4.44. The molecule has 1 unspecified atom stereocenters. The number of methoxy groups -OCH3 is 1. The molecule has 2 aromatic rings. The Morgan fingerprint density at radius 1 is 1.48 bits per heavy atom. The van der Waals surface area contributed by atoms with Crippen LogP contribution in [0.3, 0.4) is 0 Å². The molecule has 1 aliphatic rings. The summed E-state index contributed by atoms with van der Waals surface area (Å²) in [6.45, 7) is 2.26. The zero-order valence-corrected chi connectivity index (χ0v) is 14.8. The Labute approximate surface area is 147 Å². The largest absolute Gasteiger partial charge is 0.481 e. The molecule has 0 spiro atoms. The second-order valence-corrected chi connectivity index (χ2v) is 7.03. The molecule has 8 nitrogen and oxygen atoms in total. The topological polar surface area (TPSA) is 111 Å². The van der Waals surface area contributed by atoms with Crippen LogP contribution in [0.25, 0.3) is 10.2 Å². The minimum Gasteiger partial charge on any atom is -0.481 e. The molecule has 9 heteroatoms. The minimum atomic E-state index is -0.928. The highest BCUT2D eigenvalue weighted by Crippen LogP contribution is 2.42. The number of fused-ring (bicyclic) bond motifs is 3. The molecule has 1 atom stereocenters. The number of hydrogen-bond acceptors (Lipinski definition) is 6. The van der Waals surface area contributed by atoms with Gasteiger partial charge in [0.25, 0.3) is 5.56 Å². The summed E-state index contributed by atoms with van der Waals surface area (Å²) in [6, 6.07) is 0. The predicted molar refractivity (Wildman–Crippen MR) is 92.2 cm³/mol. The Morgan fingerprint density at radius 2 is 2.24 bits per heavy atom. The van der Waals surface area contributed by atoms with Crippen LogP contribution in [0.5, 0.6) is 0 Å². The van der Waals surface area contributed by atoms with Gasteiger partial charge in [-0.1, -0.05) is 0 Å². The van der Waals surface area contributed by atoms with Crippen LogP contribution >= 0.6 is 11.3 Å². The van der Waals surface area contributed by atoms with Crippen molar-refractivity contribution in [3.8, 4) is 0 Å². The van der Waals surface area contributed by atoms with Crippen molar-refractivity contribution in [3.05, 3.63) is 26.6 Å². The smallest absolute Gasteiger partial charge is 0.311 e. The van der Waals surface area contributed by atoms with Crippen LogP contribution in [-0.4, -0.2) is 46.8 Å². The van der Waals surface area contributed by atoms with E-state index < -0.39 is 11.9 Å². The maximum absolute atomic E-state index is 12.9. The average molecular weight is 365 g/mol. The van der Waals surface area contributed by atoms with Gasteiger partial charge < -0.3 is 15.2 Å². The van der Waals surface area contributed by atoms with Gasteiger partial charge in [-0.15, -0.1) is 11.3 Å². The molecule has 2 aromatic heterocycles. The first-order valence-corrected chi connectivity index (χ1v) is 8.76. The summed E-state index contributed by atoms with van der Waals surface area (Å²) in [5.41, 5.74) is 0.230. The van der Waals surface area contributed by atoms with Crippen LogP contribution in [0, 0.1) is 6.92 Å². The van der Waals surface area contributed by atoms with Gasteiger partial charge in [0.05, 0.1) is 17.9 Å². The predicted octanol–water partition coefficient (Wildman–Crippen LogP) is 0.643. The van der Waals surface area contributed by atoms with Crippen molar-refractivity contribution in [1.29, 1.82) is 0 Å². The van der Waals surface area contributed by atoms with Gasteiger partial charge in [-0.05, 0) is 25.3 Å². The molecule has 0 saturated heterocycles. The third-order valence-electron chi connectivity index (χ3n) is 4.35. The Kier molecular flexibility index (Phi) is 4.87. The molecule has 2 heterocycles. The number of aromatic nitrogens is 2. The van der Waals surface area contributed by atoms with Crippen molar-refractivity contribution >= 4 is 33.4 Å². The fourth-order valence-electron chi connectivity index (χ4n) is 3.15. The van der Waals surface area contributed by atoms with E-state index in [0.29, 0.717) is 47.6 Å². The lowest BCUT2D eigenvalue weighted by Crippen LogP contribution is -2.35. The summed E-state index contributed by atoms with van der Waals surface area (Å²) < 4.78 is 6.17. The normalized spacial score (nSPS) is 16.2. The Balaban J connectivity index is 2.01. The van der Waals surface area contributed by atoms with Crippen molar-refractivity contribution in [2.24, 2.45) is 0 Å². The van der Waals surface area contributed by atoms with Crippen LogP contribution in [0.2, 0.25) is 0 Å². The summed E-state index contributed by atoms with van der Waals surface area (Å²) in [5, 5.41) is 12.4. The van der Waals surface area contributed by atoms with Crippen molar-refractivity contribution in [3.63, 3.8) is 0 Å². The molecule has 2 N–H and O–H groups in total. The van der Waals surface area contributed by atoms with Gasteiger partial charge in [0.15, 0.2) is 0 Å². The molecule has 0 radical (unpaired) electrons. The number of carboxylic acids is 1. The Hall–Kier alpha value is -2.26. The highest BCUT2D eigenvalue weighted by molar-refractivity contribution is 7.18. The van der Waals surface area contributed by atoms with E-state index >= 15 is 0 Å². The molecular formula is C16H19N3O5S. The first kappa shape index (κ1) is 17.6. The summed E-state index contributed by atoms with van der Waals surface area (Å²) in [4.78, 5) is 42.3. The lowest BCUT2D eigenvalue weighted by Gasteiger charge is -2.11. The molecule has 134 valence electrons. The van der Waals surface area contributed by atoms with E-state index in [-0.39, 0.29) is 18.0 Å². The van der Waals surface area contributed by atoms with Gasteiger partial charge in [-0.3, -0.25) is 19.0 Å². The van der Waals surface area contributed by atoms with Crippen molar-refractivity contribution in [2.45, 2.75) is 32.2 Å². The fraction of sp³-hybridized carbons (Fsp3) is 0.500. The Morgan fingerprint density at radius 3 is 2.92 bits per heavy atom. The number of carbonyl (C=O) groups excluding carboxylic acids is 1. The molecular weight excluding hydrogens is 346 g/mol. The number of rotatable bonds is 6. The second kappa shape index (κ2) is 6.93. The molecule has 1 aliphatic carbocycles. The number of aryl methyl sites for hydroxylation is 2. The summed E-state index contributed by atoms with van der Waals surface area (Å²) in [7, 11) is 1.54. The van der Waals surface area contributed by atoms with Crippen molar-refractivity contribution < 1.29 is 19.4 Å². The zero-order valence-electron chi connectivity index (χ0n) is 14.0. The van der Waals surface area contributed by atoms with Crippen LogP contribution in [-0.2, 0) is 27.3 Å². The minimum absolute atomic E-state index is 0.153. The van der Waals surface area contributed by atoms with Crippen LogP contribution < -0.4 is 10.9 Å². The van der Waals surface area contributed by atoms with E-state index in [1.54, 1.807) is 6.92 Å². The SMILES string of the molecule is COCCNC(=O)Cn1c(C)nc2sc3c(c2c1=O)C(C(=O)O)CC3. The molecule has 25 heavy (non-hydrogen) atoms. The van der Waals surface area contributed by atoms with Gasteiger partial charge in [0.2, 0.25) is 5.91 Å². The van der Waals surface area contributed by atoms with Crippen LogP contribution in [0.15, 0.2) is 4.79 Å². The van der Waals surface area contributed by atoms with Gasteiger partial charge in [0.1, 0.15) is 17.2 Å². The standard InChI is InChI=1S/C16H19N3O5S/c1-8-18-14-13(12-9(16(22)23)3-4-10(12)25-14)15(21)19(8)7-11(20)17-5-6-24-2/h9H,3-7H2,1-2H3,(H,17,20)(H,22,23). The highest BCUT2D eigenvalue weighted by atomic mass is 32.1. The number of thiophene rings is 1. The number of carboxylic acid groups (broad SMARTS) is 1. The molecule has 0 aromatic carbocycles. The average Bonchev–Trinajstić information content (AvgIpc) is 3.10. The number of nitrogens with one attached hydrogen (secondary N) is 1. The molecule has 1 amide bonds. The molecule has 3 rings (SSSR count). The lowest BCUT2D eigenvalue weighted by atomic mass is 10.0. The van der Waals surface area contributed by atoms with E-state index in [1.807, 2.05) is 0 Å². The van der Waals surface area contributed by atoms with Crippen molar-refractivity contribution in [2.75, 3.05) is 20.3 Å². The number of ether oxygens (including phenoxy) is 1. The molecule has 0 saturated carbocycles. The molecule has 0 bridgehead atoms. The number of nitrogens with zero attached hydrogens (tertiary/aromatic N) is 2. The Bertz CT molecular complexity index is 901. The summed E-state index contributed by atoms with van der Waals surface area (Å²) >= 11 is 1.38. The third-order valence-corrected chi connectivity index (χ3v) is 5.51. The molecule has 0 aliphatic heterocycles. The summed E-state index contributed by atoms with van der Waals surface area (Å²) in [5.74, 6) is -1.48. The van der Waals surface area contributed by atoms with E-state index in [0.717, 1.165) is 4.88 Å². The number of carbonyl (C=O) groups is 2. The quantitative estimate of drug-likeness (QED) is 0.727. The first-order chi connectivity index (χ1) is 11.9. The number of amides is 1. The third kappa shape index (κ3) is 3.16. The van der Waals surface area contributed by atoms with Gasteiger partial charge in [-0.2, -0.15) is 0 Å². The van der Waals surface area contributed by atoms with Crippen molar-refractivity contribution in [1.82, 2.24) is 14.9 Å². The number of hydrogen-bond donors (Lipinski definition) is 2. The maximum Gasteiger partial charge on any atom is 0.311 e. The number of aliphatic carboxylic acids is 1. The second-order valence-electron chi connectivity index (χ2n) is 5.94. The zero-order chi connectivity index (χ0) is 18.1. The molecule has 0 fully saturated rings. The van der Waals surface area contributed by atoms with E-state index in [4.69, 9.17) is 4.74 Å². The van der Waals surface area contributed by atoms with E-state index in [2.05, 4.69) is 10.3 Å². The maximum atomic E-state index is 12.9. The van der Waals surface area contributed by atoms with Crippen LogP contribution in [0.1, 0.15) is 28.6 Å². The van der Waals surface area contributed by atoms with E-state index in [1.165, 1.54) is 23.0 Å². The van der Waals surface area contributed by atoms with Crippen LogP contribution in [0.4, 0.5) is 0 Å². The lowest BCUT2D eigenvalue weighted by molar-refractivity contribution is -0.138. The first-order valence-electron chi connectivity index (χ1n) is 7.95. The highest BCUT2D eigenvalue weighted by Gasteiger charge is 2.34. The van der Waals surface area contributed by atoms with E-state index in [9.17, 15) is 19.5 Å². The monoisotopic (exact) mass is 365 g/mol. The van der Waals surface area contributed by atoms with Gasteiger partial charge in [0, 0.05) is 18.5 Å². The van der Waals surface area contributed by atoms with Gasteiger partial charge in [-0.25, -0.2) is 4.98 Å². The summed E-state index contributed by atoms with van der Waals surface area (Å²) in [6.07, 6.45) is 1.14.